The molecule has 0 bridgehead atoms. The number of carbonyl (C=O) groups excluding carboxylic acids is 1. The minimum Gasteiger partial charge on any atom is -0.355 e. The predicted molar refractivity (Wildman–Crippen MR) is 54.7 cm³/mol. The molecule has 0 spiro atoms. The molecular formula is C8H18N2OS. The molecule has 0 saturated heterocycles. The first-order chi connectivity index (χ1) is 5.66. The second-order valence-corrected chi connectivity index (χ2v) is 3.43. The molecule has 72 valence electrons. The van der Waals surface area contributed by atoms with E-state index in [4.69, 9.17) is 0 Å². The number of hydrogen-bond acceptors (Lipinski definition) is 3. The molecule has 12 heavy (non-hydrogen) atoms. The first-order valence-corrected chi connectivity index (χ1v) is 4.82. The standard InChI is InChI=1S/C8H18N2OS/c1-10(2)6-3-4-8(11)9-5-7-12/h12H,3-7H2,1-2H3,(H,9,11). The Morgan fingerprint density at radius 3 is 2.67 bits per heavy atom. The zero-order chi connectivity index (χ0) is 9.40. The SMILES string of the molecule is CN(C)CCCC(=O)NCCS. The maximum absolute atomic E-state index is 11.0. The van der Waals surface area contributed by atoms with Crippen LogP contribution in [0.5, 0.6) is 0 Å². The largest absolute Gasteiger partial charge is 0.355 e. The Labute approximate surface area is 79.9 Å². The molecule has 0 aromatic heterocycles. The molecule has 0 aliphatic heterocycles. The summed E-state index contributed by atoms with van der Waals surface area (Å²) in [6.45, 7) is 1.64. The second kappa shape index (κ2) is 7.43. The van der Waals surface area contributed by atoms with E-state index in [1.807, 2.05) is 14.1 Å². The molecule has 3 nitrogen and oxygen atoms in total. The zero-order valence-corrected chi connectivity index (χ0v) is 8.73. The van der Waals surface area contributed by atoms with Gasteiger partial charge in [0.05, 0.1) is 0 Å². The Morgan fingerprint density at radius 2 is 2.17 bits per heavy atom. The van der Waals surface area contributed by atoms with Gasteiger partial charge in [0.15, 0.2) is 0 Å². The minimum atomic E-state index is 0.130. The van der Waals surface area contributed by atoms with Crippen LogP contribution in [0.1, 0.15) is 12.8 Å². The highest BCUT2D eigenvalue weighted by atomic mass is 32.1. The third-order valence-electron chi connectivity index (χ3n) is 1.44. The van der Waals surface area contributed by atoms with Crippen LogP contribution in [0.25, 0.3) is 0 Å². The average molecular weight is 190 g/mol. The van der Waals surface area contributed by atoms with Crippen molar-refractivity contribution in [2.24, 2.45) is 0 Å². The molecule has 0 fully saturated rings. The van der Waals surface area contributed by atoms with E-state index >= 15 is 0 Å². The van der Waals surface area contributed by atoms with Gasteiger partial charge < -0.3 is 10.2 Å². The van der Waals surface area contributed by atoms with Crippen LogP contribution in [0.4, 0.5) is 0 Å². The van der Waals surface area contributed by atoms with Gasteiger partial charge in [0.1, 0.15) is 0 Å². The molecule has 0 unspecified atom stereocenters. The normalized spacial score (nSPS) is 10.3. The van der Waals surface area contributed by atoms with Crippen molar-refractivity contribution < 1.29 is 4.79 Å². The summed E-state index contributed by atoms with van der Waals surface area (Å²) < 4.78 is 0. The fraction of sp³-hybridized carbons (Fsp3) is 0.875. The Balaban J connectivity index is 3.20. The molecule has 4 heteroatoms. The van der Waals surface area contributed by atoms with Gasteiger partial charge in [-0.3, -0.25) is 4.79 Å². The Kier molecular flexibility index (Phi) is 7.29. The van der Waals surface area contributed by atoms with E-state index in [1.54, 1.807) is 0 Å². The van der Waals surface area contributed by atoms with Crippen LogP contribution in [0.2, 0.25) is 0 Å². The summed E-state index contributed by atoms with van der Waals surface area (Å²) in [5.74, 6) is 0.838. The molecule has 0 aromatic carbocycles. The summed E-state index contributed by atoms with van der Waals surface area (Å²) in [5, 5.41) is 2.77. The van der Waals surface area contributed by atoms with Crippen molar-refractivity contribution in [3.63, 3.8) is 0 Å². The van der Waals surface area contributed by atoms with Crippen LogP contribution < -0.4 is 5.32 Å². The number of rotatable bonds is 6. The highest BCUT2D eigenvalue weighted by Gasteiger charge is 1.99. The van der Waals surface area contributed by atoms with E-state index in [-0.39, 0.29) is 5.91 Å². The maximum atomic E-state index is 11.0. The average Bonchev–Trinajstić information content (AvgIpc) is 2.00. The van der Waals surface area contributed by atoms with Crippen LogP contribution in [-0.2, 0) is 4.79 Å². The molecule has 0 rings (SSSR count). The van der Waals surface area contributed by atoms with Gasteiger partial charge >= 0.3 is 0 Å². The maximum Gasteiger partial charge on any atom is 0.220 e. The van der Waals surface area contributed by atoms with Crippen molar-refractivity contribution in [3.8, 4) is 0 Å². The van der Waals surface area contributed by atoms with Crippen LogP contribution in [0, 0.1) is 0 Å². The van der Waals surface area contributed by atoms with Gasteiger partial charge in [-0.2, -0.15) is 12.6 Å². The monoisotopic (exact) mass is 190 g/mol. The number of amides is 1. The lowest BCUT2D eigenvalue weighted by atomic mass is 10.3. The first-order valence-electron chi connectivity index (χ1n) is 4.19. The summed E-state index contributed by atoms with van der Waals surface area (Å²) in [4.78, 5) is 13.1. The smallest absolute Gasteiger partial charge is 0.220 e. The van der Waals surface area contributed by atoms with E-state index in [2.05, 4.69) is 22.8 Å². The van der Waals surface area contributed by atoms with E-state index in [9.17, 15) is 4.79 Å². The van der Waals surface area contributed by atoms with Crippen molar-refractivity contribution in [2.45, 2.75) is 12.8 Å². The summed E-state index contributed by atoms with van der Waals surface area (Å²) >= 11 is 4.00. The molecule has 0 saturated carbocycles. The van der Waals surface area contributed by atoms with E-state index in [1.165, 1.54) is 0 Å². The van der Waals surface area contributed by atoms with Gasteiger partial charge in [0.25, 0.3) is 0 Å². The number of nitrogens with zero attached hydrogens (tertiary/aromatic N) is 1. The molecule has 0 aromatic rings. The topological polar surface area (TPSA) is 32.3 Å². The second-order valence-electron chi connectivity index (χ2n) is 2.98. The number of hydrogen-bond donors (Lipinski definition) is 2. The van der Waals surface area contributed by atoms with Gasteiger partial charge in [-0.05, 0) is 27.1 Å². The number of carbonyl (C=O) groups is 1. The third-order valence-corrected chi connectivity index (χ3v) is 1.67. The molecule has 0 aliphatic carbocycles. The number of nitrogens with one attached hydrogen (secondary N) is 1. The Bertz CT molecular complexity index is 128. The molecule has 1 N–H and O–H groups in total. The van der Waals surface area contributed by atoms with Crippen LogP contribution in [-0.4, -0.2) is 43.7 Å². The van der Waals surface area contributed by atoms with E-state index < -0.39 is 0 Å². The highest BCUT2D eigenvalue weighted by molar-refractivity contribution is 7.80. The fourth-order valence-corrected chi connectivity index (χ4v) is 0.951. The third kappa shape index (κ3) is 7.88. The molecule has 0 aliphatic rings. The first kappa shape index (κ1) is 11.8. The summed E-state index contributed by atoms with van der Waals surface area (Å²) in [5.41, 5.74) is 0. The van der Waals surface area contributed by atoms with Gasteiger partial charge in [0, 0.05) is 18.7 Å². The van der Waals surface area contributed by atoms with Crippen LogP contribution >= 0.6 is 12.6 Å². The van der Waals surface area contributed by atoms with E-state index in [0.717, 1.165) is 13.0 Å². The minimum absolute atomic E-state index is 0.130. The molecule has 1 amide bonds. The van der Waals surface area contributed by atoms with Gasteiger partial charge in [-0.15, -0.1) is 0 Å². The van der Waals surface area contributed by atoms with Gasteiger partial charge in [0.2, 0.25) is 5.91 Å². The van der Waals surface area contributed by atoms with Gasteiger partial charge in [-0.1, -0.05) is 0 Å². The molecule has 0 atom stereocenters. The van der Waals surface area contributed by atoms with Crippen LogP contribution in [0.3, 0.4) is 0 Å². The summed E-state index contributed by atoms with van der Waals surface area (Å²) in [6, 6.07) is 0. The predicted octanol–water partition coefficient (Wildman–Crippen LogP) is 0.374. The highest BCUT2D eigenvalue weighted by Crippen LogP contribution is 1.90. The summed E-state index contributed by atoms with van der Waals surface area (Å²) in [7, 11) is 4.01. The molecular weight excluding hydrogens is 172 g/mol. The Morgan fingerprint density at radius 1 is 1.50 bits per heavy atom. The number of thiol groups is 1. The molecule has 0 radical (unpaired) electrons. The van der Waals surface area contributed by atoms with Gasteiger partial charge in [-0.25, -0.2) is 0 Å². The fourth-order valence-electron chi connectivity index (χ4n) is 0.840. The summed E-state index contributed by atoms with van der Waals surface area (Å²) in [6.07, 6.45) is 1.54. The van der Waals surface area contributed by atoms with E-state index in [0.29, 0.717) is 18.7 Å². The van der Waals surface area contributed by atoms with Crippen molar-refractivity contribution in [3.05, 3.63) is 0 Å². The van der Waals surface area contributed by atoms with Crippen molar-refractivity contribution >= 4 is 18.5 Å². The van der Waals surface area contributed by atoms with Crippen LogP contribution in [0.15, 0.2) is 0 Å². The quantitative estimate of drug-likeness (QED) is 0.593. The zero-order valence-electron chi connectivity index (χ0n) is 7.84. The molecule has 0 heterocycles. The van der Waals surface area contributed by atoms with Crippen molar-refractivity contribution in [2.75, 3.05) is 32.9 Å². The van der Waals surface area contributed by atoms with Crippen molar-refractivity contribution in [1.29, 1.82) is 0 Å². The lowest BCUT2D eigenvalue weighted by Crippen LogP contribution is -2.26. The lowest BCUT2D eigenvalue weighted by Gasteiger charge is -2.08. The van der Waals surface area contributed by atoms with Crippen molar-refractivity contribution in [1.82, 2.24) is 10.2 Å². The Hall–Kier alpha value is -0.220. The lowest BCUT2D eigenvalue weighted by molar-refractivity contribution is -0.121.